The second kappa shape index (κ2) is 6.31. The van der Waals surface area contributed by atoms with Gasteiger partial charge in [0.15, 0.2) is 0 Å². The summed E-state index contributed by atoms with van der Waals surface area (Å²) in [4.78, 5) is 2.47. The van der Waals surface area contributed by atoms with E-state index >= 15 is 0 Å². The Morgan fingerprint density at radius 3 is 2.11 bits per heavy atom. The number of likely N-dealkylation sites (N-methyl/N-ethyl adjacent to an activating group) is 2. The SMILES string of the molecule is CC(C)N(C)CCN(C)S(=O)(=O)c1ccccc1. The zero-order valence-electron chi connectivity index (χ0n) is 11.5. The van der Waals surface area contributed by atoms with Gasteiger partial charge in [-0.15, -0.1) is 0 Å². The molecule has 0 amide bonds. The molecule has 4 nitrogen and oxygen atoms in total. The lowest BCUT2D eigenvalue weighted by atomic mass is 10.3. The first kappa shape index (κ1) is 15.1. The maximum absolute atomic E-state index is 12.2. The Balaban J connectivity index is 2.69. The molecule has 0 aliphatic carbocycles. The average Bonchev–Trinajstić information content (AvgIpc) is 2.36. The van der Waals surface area contributed by atoms with Crippen molar-refractivity contribution >= 4 is 10.0 Å². The first-order valence-corrected chi connectivity index (χ1v) is 7.51. The fourth-order valence-electron chi connectivity index (χ4n) is 1.45. The fourth-order valence-corrected chi connectivity index (χ4v) is 2.63. The Bertz CT molecular complexity index is 457. The second-order valence-electron chi connectivity index (χ2n) is 4.71. The molecule has 0 aromatic heterocycles. The molecule has 18 heavy (non-hydrogen) atoms. The summed E-state index contributed by atoms with van der Waals surface area (Å²) >= 11 is 0. The molecule has 5 heteroatoms. The van der Waals surface area contributed by atoms with Crippen LogP contribution in [0.3, 0.4) is 0 Å². The molecule has 0 aliphatic rings. The van der Waals surface area contributed by atoms with Gasteiger partial charge in [0.1, 0.15) is 0 Å². The van der Waals surface area contributed by atoms with Crippen LogP contribution in [0.2, 0.25) is 0 Å². The molecule has 0 spiro atoms. The summed E-state index contributed by atoms with van der Waals surface area (Å²) in [6.45, 7) is 5.39. The van der Waals surface area contributed by atoms with E-state index in [2.05, 4.69) is 18.7 Å². The van der Waals surface area contributed by atoms with Crippen molar-refractivity contribution in [1.29, 1.82) is 0 Å². The maximum Gasteiger partial charge on any atom is 0.242 e. The van der Waals surface area contributed by atoms with Gasteiger partial charge in [-0.1, -0.05) is 18.2 Å². The Morgan fingerprint density at radius 1 is 1.06 bits per heavy atom. The van der Waals surface area contributed by atoms with E-state index in [4.69, 9.17) is 0 Å². The molecule has 0 unspecified atom stereocenters. The smallest absolute Gasteiger partial charge is 0.242 e. The number of benzene rings is 1. The van der Waals surface area contributed by atoms with Gasteiger partial charge in [-0.05, 0) is 33.0 Å². The molecular formula is C13H22N2O2S. The molecule has 0 bridgehead atoms. The molecule has 102 valence electrons. The van der Waals surface area contributed by atoms with Crippen LogP contribution in [0.25, 0.3) is 0 Å². The van der Waals surface area contributed by atoms with Gasteiger partial charge in [-0.3, -0.25) is 0 Å². The van der Waals surface area contributed by atoms with E-state index in [9.17, 15) is 8.42 Å². The van der Waals surface area contributed by atoms with Gasteiger partial charge in [0.2, 0.25) is 10.0 Å². The summed E-state index contributed by atoms with van der Waals surface area (Å²) < 4.78 is 25.8. The summed E-state index contributed by atoms with van der Waals surface area (Å²) in [5, 5.41) is 0. The van der Waals surface area contributed by atoms with E-state index in [1.165, 1.54) is 4.31 Å². The highest BCUT2D eigenvalue weighted by Gasteiger charge is 2.20. The standard InChI is InChI=1S/C13H22N2O2S/c1-12(2)14(3)10-11-15(4)18(16,17)13-8-6-5-7-9-13/h5-9,12H,10-11H2,1-4H3. The highest BCUT2D eigenvalue weighted by Crippen LogP contribution is 2.13. The van der Waals surface area contributed by atoms with Crippen LogP contribution in [0.4, 0.5) is 0 Å². The van der Waals surface area contributed by atoms with Gasteiger partial charge < -0.3 is 4.90 Å². The van der Waals surface area contributed by atoms with Crippen LogP contribution in [0.1, 0.15) is 13.8 Å². The second-order valence-corrected chi connectivity index (χ2v) is 6.76. The van der Waals surface area contributed by atoms with Crippen LogP contribution in [-0.2, 0) is 10.0 Å². The molecule has 0 saturated carbocycles. The number of hydrogen-bond donors (Lipinski definition) is 0. The highest BCUT2D eigenvalue weighted by atomic mass is 32.2. The molecule has 0 atom stereocenters. The third-order valence-corrected chi connectivity index (χ3v) is 4.97. The minimum Gasteiger partial charge on any atom is -0.303 e. The molecule has 0 aliphatic heterocycles. The van der Waals surface area contributed by atoms with E-state index in [1.54, 1.807) is 31.3 Å². The van der Waals surface area contributed by atoms with Gasteiger partial charge in [-0.25, -0.2) is 8.42 Å². The molecule has 0 N–H and O–H groups in total. The predicted molar refractivity (Wildman–Crippen MR) is 74.0 cm³/mol. The zero-order valence-corrected chi connectivity index (χ0v) is 12.3. The summed E-state index contributed by atoms with van der Waals surface area (Å²) in [6.07, 6.45) is 0. The van der Waals surface area contributed by atoms with Crippen molar-refractivity contribution in [3.05, 3.63) is 30.3 Å². The lowest BCUT2D eigenvalue weighted by molar-refractivity contribution is 0.257. The molecule has 1 aromatic rings. The molecule has 0 heterocycles. The topological polar surface area (TPSA) is 40.6 Å². The maximum atomic E-state index is 12.2. The van der Waals surface area contributed by atoms with Crippen molar-refractivity contribution in [3.63, 3.8) is 0 Å². The van der Waals surface area contributed by atoms with E-state index < -0.39 is 10.0 Å². The quantitative estimate of drug-likeness (QED) is 0.789. The van der Waals surface area contributed by atoms with Crippen LogP contribution < -0.4 is 0 Å². The summed E-state index contributed by atoms with van der Waals surface area (Å²) in [7, 11) is 0.262. The largest absolute Gasteiger partial charge is 0.303 e. The van der Waals surface area contributed by atoms with Crippen molar-refractivity contribution < 1.29 is 8.42 Å². The number of sulfonamides is 1. The number of nitrogens with zero attached hydrogens (tertiary/aromatic N) is 2. The van der Waals surface area contributed by atoms with Crippen molar-refractivity contribution in [1.82, 2.24) is 9.21 Å². The Labute approximate surface area is 110 Å². The zero-order chi connectivity index (χ0) is 13.8. The van der Waals surface area contributed by atoms with Crippen LogP contribution in [0.5, 0.6) is 0 Å². The van der Waals surface area contributed by atoms with Gasteiger partial charge in [-0.2, -0.15) is 4.31 Å². The van der Waals surface area contributed by atoms with Gasteiger partial charge in [0.25, 0.3) is 0 Å². The normalized spacial score (nSPS) is 12.6. The van der Waals surface area contributed by atoms with E-state index in [1.807, 2.05) is 13.1 Å². The van der Waals surface area contributed by atoms with Crippen molar-refractivity contribution in [3.8, 4) is 0 Å². The minimum atomic E-state index is -3.35. The summed E-state index contributed by atoms with van der Waals surface area (Å²) in [6, 6.07) is 8.95. The Hall–Kier alpha value is -0.910. The third kappa shape index (κ3) is 3.80. The van der Waals surface area contributed by atoms with Gasteiger partial charge >= 0.3 is 0 Å². The average molecular weight is 270 g/mol. The van der Waals surface area contributed by atoms with Crippen LogP contribution in [0, 0.1) is 0 Å². The molecule has 0 fully saturated rings. The molecule has 1 rings (SSSR count). The van der Waals surface area contributed by atoms with E-state index in [0.29, 0.717) is 17.5 Å². The predicted octanol–water partition coefficient (Wildman–Crippen LogP) is 1.65. The van der Waals surface area contributed by atoms with E-state index in [-0.39, 0.29) is 0 Å². The first-order valence-electron chi connectivity index (χ1n) is 6.07. The van der Waals surface area contributed by atoms with Crippen molar-refractivity contribution in [2.75, 3.05) is 27.2 Å². The monoisotopic (exact) mass is 270 g/mol. The number of hydrogen-bond acceptors (Lipinski definition) is 3. The minimum absolute atomic E-state index is 0.347. The van der Waals surface area contributed by atoms with Crippen LogP contribution in [-0.4, -0.2) is 50.8 Å². The van der Waals surface area contributed by atoms with Crippen LogP contribution in [0.15, 0.2) is 35.2 Å². The Morgan fingerprint density at radius 2 is 1.61 bits per heavy atom. The van der Waals surface area contributed by atoms with Gasteiger partial charge in [0.05, 0.1) is 4.90 Å². The third-order valence-electron chi connectivity index (χ3n) is 3.10. The molecule has 1 aromatic carbocycles. The van der Waals surface area contributed by atoms with E-state index in [0.717, 1.165) is 6.54 Å². The summed E-state index contributed by atoms with van der Waals surface area (Å²) in [5.41, 5.74) is 0. The first-order chi connectivity index (χ1) is 8.35. The lowest BCUT2D eigenvalue weighted by Gasteiger charge is -2.24. The Kier molecular flexibility index (Phi) is 5.31. The number of rotatable bonds is 6. The molecule has 0 radical (unpaired) electrons. The lowest BCUT2D eigenvalue weighted by Crippen LogP contribution is -2.37. The fraction of sp³-hybridized carbons (Fsp3) is 0.538. The molecule has 0 saturated heterocycles. The highest BCUT2D eigenvalue weighted by molar-refractivity contribution is 7.89. The van der Waals surface area contributed by atoms with Gasteiger partial charge in [0, 0.05) is 26.2 Å². The van der Waals surface area contributed by atoms with Crippen LogP contribution >= 0.6 is 0 Å². The summed E-state index contributed by atoms with van der Waals surface area (Å²) in [5.74, 6) is 0. The molecular weight excluding hydrogens is 248 g/mol. The van der Waals surface area contributed by atoms with Crippen molar-refractivity contribution in [2.24, 2.45) is 0 Å². The van der Waals surface area contributed by atoms with Crippen molar-refractivity contribution in [2.45, 2.75) is 24.8 Å².